The summed E-state index contributed by atoms with van der Waals surface area (Å²) in [5.41, 5.74) is 13.6. The number of nitrogen functional groups attached to an aromatic ring is 1. The molecule has 8 aromatic rings. The predicted molar refractivity (Wildman–Crippen MR) is 336 cm³/mol. The summed E-state index contributed by atoms with van der Waals surface area (Å²) in [6, 6.07) is 42.8. The topological polar surface area (TPSA) is 295 Å². The molecule has 23 nitrogen and oxygen atoms in total. The molecule has 4 aromatic carbocycles. The van der Waals surface area contributed by atoms with Gasteiger partial charge in [-0.15, -0.1) is 5.34 Å². The Morgan fingerprint density at radius 2 is 0.889 bits per heavy atom. The molecule has 470 valence electrons. The summed E-state index contributed by atoms with van der Waals surface area (Å²) >= 11 is 0. The van der Waals surface area contributed by atoms with Crippen molar-refractivity contribution in [2.45, 2.75) is 77.8 Å². The molecule has 12 rings (SSSR count). The zero-order valence-corrected chi connectivity index (χ0v) is 53.9. The molecule has 4 fully saturated rings. The fourth-order valence-electron chi connectivity index (χ4n) is 9.63. The molecule has 4 atom stereocenters. The molecule has 4 aliphatic rings. The van der Waals surface area contributed by atoms with Crippen LogP contribution in [0.5, 0.6) is 29.3 Å². The Balaban J connectivity index is 0.000000205. The summed E-state index contributed by atoms with van der Waals surface area (Å²) in [7, 11) is 0. The number of anilines is 4. The van der Waals surface area contributed by atoms with Gasteiger partial charge in [0.05, 0.1) is 46.5 Å². The van der Waals surface area contributed by atoms with Crippen LogP contribution in [0.4, 0.5) is 38.5 Å². The van der Waals surface area contributed by atoms with Gasteiger partial charge in [-0.05, 0) is 99.3 Å². The van der Waals surface area contributed by atoms with E-state index in [9.17, 15) is 29.7 Å². The van der Waals surface area contributed by atoms with Gasteiger partial charge in [0.1, 0.15) is 35.9 Å². The van der Waals surface area contributed by atoms with Gasteiger partial charge in [-0.2, -0.15) is 4.39 Å². The fraction of sp³-hybridized carbons (Fsp3) is 0.312. The van der Waals surface area contributed by atoms with Crippen LogP contribution in [0.25, 0.3) is 0 Å². The summed E-state index contributed by atoms with van der Waals surface area (Å²) in [4.78, 5) is 51.4. The molecular weight excluding hydrogens is 1210 g/mol. The first kappa shape index (κ1) is 72.0. The number of hydrogen-bond acceptors (Lipinski definition) is 21. The van der Waals surface area contributed by atoms with E-state index in [1.54, 1.807) is 24.4 Å². The molecule has 4 N–H and O–H groups in total. The zero-order valence-electron chi connectivity index (χ0n) is 50.8. The zero-order chi connectivity index (χ0) is 62.8. The Kier molecular flexibility index (Phi) is 29.9. The molecule has 8 heterocycles. The minimum Gasteiger partial charge on any atom is -0.506 e. The number of pyridine rings is 4. The van der Waals surface area contributed by atoms with E-state index in [0.29, 0.717) is 41.7 Å². The van der Waals surface area contributed by atoms with Gasteiger partial charge < -0.3 is 59.9 Å². The van der Waals surface area contributed by atoms with Crippen molar-refractivity contribution < 1.29 is 84.9 Å². The number of nitro benzene ring substituents is 2. The number of aryl methyl sites for hydroxylation is 4. The number of phenols is 1. The quantitative estimate of drug-likeness (QED) is 0.0320. The normalized spacial score (nSPS) is 16.7. The van der Waals surface area contributed by atoms with Crippen molar-refractivity contribution in [2.75, 3.05) is 72.8 Å². The molecule has 0 spiro atoms. The van der Waals surface area contributed by atoms with Crippen LogP contribution in [0.1, 0.15) is 47.9 Å². The number of phenolic OH excluding ortho intramolecular Hbond substituents is 1. The standard InChI is InChI=1S/C16H17N3O3.C16H19N3O.C16H18N2O2.C10H14N2O.C6H4FNO2.Fe.HNO2.Na/c1-12-6-7-16(17-10-12)22-13-8-9-18(11-13)14-4-2-3-5-15(14)19(20)21;1-12-6-7-16(18-10-12)20-13-8-9-19(11-13)15-5-3-2-4-14(15)17;1-12-6-7-16(17-10-12)20-13-8-9-18(11-13)14-4-2-3-5-15(14)19;1-8-2-3-10(12-6-8)13-9-4-5-11-7-9;7-5-3-1-2-4-6(5)8(9)10;;2-1-3;/h2-7,10,13H,8-9,11H2,1H3;2-7,10,13H,8-9,11,17H2,1H3;2-7,10,13,19H,8-9,11H2,1H3;2-3,6,9,11H,4-5,7H2,1H3;1-4H;;(H,2,3);/q;;;;;;;+1/p-1/t3*13-;9-;;;;/m0000..../s1. The Morgan fingerprint density at radius 1 is 0.533 bits per heavy atom. The van der Waals surface area contributed by atoms with E-state index in [-0.39, 0.29) is 75.5 Å². The van der Waals surface area contributed by atoms with E-state index in [1.807, 2.05) is 142 Å². The Morgan fingerprint density at radius 3 is 1.26 bits per heavy atom. The van der Waals surface area contributed by atoms with E-state index >= 15 is 0 Å². The van der Waals surface area contributed by atoms with E-state index in [0.717, 1.165) is 134 Å². The van der Waals surface area contributed by atoms with Gasteiger partial charge in [-0.1, -0.05) is 72.8 Å². The number of nitro groups is 2. The van der Waals surface area contributed by atoms with Crippen LogP contribution in [0.2, 0.25) is 0 Å². The van der Waals surface area contributed by atoms with Gasteiger partial charge in [0, 0.05) is 124 Å². The third-order valence-corrected chi connectivity index (χ3v) is 14.1. The second kappa shape index (κ2) is 37.3. The van der Waals surface area contributed by atoms with Crippen molar-refractivity contribution in [2.24, 2.45) is 5.34 Å². The molecule has 0 saturated carbocycles. The largest absolute Gasteiger partial charge is 1.00 e. The average molecular weight is 1280 g/mol. The Bertz CT molecular complexity index is 3350. The van der Waals surface area contributed by atoms with E-state index < -0.39 is 16.4 Å². The SMILES string of the molecule is Cc1ccc(O[C@H]2CCN(c3ccccc3N)C2)nc1.Cc1ccc(O[C@H]2CCN(c3ccccc3O)C2)nc1.Cc1ccc(O[C@H]2CCN(c3ccccc3[N+](=O)[O-])C2)nc1.Cc1ccc(O[C@H]2CCNC2)nc1.O=N[O-].O=[N+]([O-])c1ccccc1F.[Fe].[Na+]. The number of halogens is 1. The van der Waals surface area contributed by atoms with Gasteiger partial charge in [-0.3, -0.25) is 20.2 Å². The summed E-state index contributed by atoms with van der Waals surface area (Å²) < 4.78 is 35.7. The molecule has 4 aliphatic heterocycles. The molecule has 90 heavy (non-hydrogen) atoms. The van der Waals surface area contributed by atoms with Crippen LogP contribution in [0.15, 0.2) is 176 Å². The molecule has 0 aliphatic carbocycles. The van der Waals surface area contributed by atoms with Crippen LogP contribution < -0.4 is 74.3 Å². The van der Waals surface area contributed by atoms with Crippen molar-refractivity contribution in [1.82, 2.24) is 25.3 Å². The van der Waals surface area contributed by atoms with Gasteiger partial charge in [0.15, 0.2) is 0 Å². The number of rotatable bonds is 13. The van der Waals surface area contributed by atoms with E-state index in [1.165, 1.54) is 18.2 Å². The van der Waals surface area contributed by atoms with Gasteiger partial charge >= 0.3 is 35.2 Å². The predicted octanol–water partition coefficient (Wildman–Crippen LogP) is 8.46. The van der Waals surface area contributed by atoms with Gasteiger partial charge in [-0.25, -0.2) is 19.9 Å². The van der Waals surface area contributed by atoms with Crippen molar-refractivity contribution in [1.29, 1.82) is 0 Å². The Labute approximate surface area is 554 Å². The average Bonchev–Trinajstić information content (AvgIpc) is 2.14. The summed E-state index contributed by atoms with van der Waals surface area (Å²) in [6.45, 7) is 14.8. The molecule has 4 aromatic heterocycles. The smallest absolute Gasteiger partial charge is 0.506 e. The maximum Gasteiger partial charge on any atom is 1.00 e. The van der Waals surface area contributed by atoms with Crippen molar-refractivity contribution in [3.05, 3.63) is 229 Å². The number of ether oxygens (including phenoxy) is 4. The number of nitrogens with zero attached hydrogens (tertiary/aromatic N) is 10. The second-order valence-electron chi connectivity index (χ2n) is 20.9. The van der Waals surface area contributed by atoms with Crippen molar-refractivity contribution >= 4 is 34.1 Å². The number of para-hydroxylation sites is 7. The number of benzene rings is 4. The Hall–Kier alpha value is -8.71. The van der Waals surface area contributed by atoms with Crippen LogP contribution >= 0.6 is 0 Å². The number of nitrogens with one attached hydrogen (secondary N) is 1. The molecule has 4 saturated heterocycles. The molecule has 0 radical (unpaired) electrons. The van der Waals surface area contributed by atoms with Crippen molar-refractivity contribution in [3.8, 4) is 29.3 Å². The van der Waals surface area contributed by atoms with E-state index in [4.69, 9.17) is 34.8 Å². The first-order valence-corrected chi connectivity index (χ1v) is 28.6. The number of nitrogens with two attached hydrogens (primary N) is 1. The van der Waals surface area contributed by atoms with Gasteiger partial charge in [0.2, 0.25) is 29.3 Å². The minimum absolute atomic E-state index is 0. The summed E-state index contributed by atoms with van der Waals surface area (Å²) in [5, 5.41) is 43.2. The van der Waals surface area contributed by atoms with E-state index in [2.05, 4.69) is 41.1 Å². The first-order valence-electron chi connectivity index (χ1n) is 28.6. The van der Waals surface area contributed by atoms with Crippen LogP contribution in [-0.4, -0.2) is 112 Å². The van der Waals surface area contributed by atoms with Crippen molar-refractivity contribution in [3.63, 3.8) is 0 Å². The van der Waals surface area contributed by atoms with Crippen LogP contribution in [0.3, 0.4) is 0 Å². The van der Waals surface area contributed by atoms with Gasteiger partial charge in [0.25, 0.3) is 5.69 Å². The number of aromatic hydroxyl groups is 1. The first-order chi connectivity index (χ1) is 42.5. The third-order valence-electron chi connectivity index (χ3n) is 14.1. The summed E-state index contributed by atoms with van der Waals surface area (Å²) in [6.07, 6.45) is 11.6. The number of aromatic nitrogens is 4. The second-order valence-corrected chi connectivity index (χ2v) is 20.9. The number of hydrogen-bond donors (Lipinski definition) is 3. The van der Waals surface area contributed by atoms with Crippen LogP contribution in [0, 0.1) is 63.9 Å². The summed E-state index contributed by atoms with van der Waals surface area (Å²) in [5.74, 6) is 2.22. The van der Waals surface area contributed by atoms with Crippen LogP contribution in [-0.2, 0) is 17.1 Å². The molecule has 0 unspecified atom stereocenters. The molecule has 26 heteroatoms. The fourth-order valence-corrected chi connectivity index (χ4v) is 9.63. The maximum absolute atomic E-state index is 12.4. The minimum atomic E-state index is -0.799. The molecular formula is C64H72FFeN12NaO11. The third kappa shape index (κ3) is 23.0. The molecule has 0 bridgehead atoms. The monoisotopic (exact) mass is 1280 g/mol. The maximum atomic E-state index is 12.4. The molecule has 0 amide bonds.